The van der Waals surface area contributed by atoms with Crippen molar-refractivity contribution >= 4 is 40.7 Å². The summed E-state index contributed by atoms with van der Waals surface area (Å²) in [5.74, 6) is -1.52. The highest BCUT2D eigenvalue weighted by Gasteiger charge is 2.30. The Labute approximate surface area is 193 Å². The van der Waals surface area contributed by atoms with Gasteiger partial charge in [-0.2, -0.15) is 18.3 Å². The lowest BCUT2D eigenvalue weighted by molar-refractivity contribution is -0.384. The van der Waals surface area contributed by atoms with Crippen LogP contribution >= 0.6 is 11.8 Å². The Bertz CT molecular complexity index is 1240. The van der Waals surface area contributed by atoms with Crippen LogP contribution in [0.2, 0.25) is 0 Å². The summed E-state index contributed by atoms with van der Waals surface area (Å²) in [7, 11) is 1.15. The fourth-order valence-corrected chi connectivity index (χ4v) is 3.23. The van der Waals surface area contributed by atoms with Gasteiger partial charge >= 0.3 is 12.1 Å². The third kappa shape index (κ3) is 6.19. The molecule has 3 rings (SSSR count). The number of ether oxygens (including phenoxy) is 2. The summed E-state index contributed by atoms with van der Waals surface area (Å²) in [5.41, 5.74) is -1.22. The summed E-state index contributed by atoms with van der Waals surface area (Å²) in [4.78, 5) is 33.6. The van der Waals surface area contributed by atoms with E-state index in [4.69, 9.17) is 4.74 Å². The molecule has 10 nitrogen and oxygen atoms in total. The molecule has 0 atom stereocenters. The maximum absolute atomic E-state index is 13.0. The Morgan fingerprint density at radius 3 is 2.68 bits per heavy atom. The lowest BCUT2D eigenvalue weighted by Gasteiger charge is -2.11. The van der Waals surface area contributed by atoms with E-state index >= 15 is 0 Å². The average molecular weight is 494 g/mol. The second kappa shape index (κ2) is 10.2. The molecule has 1 fully saturated rings. The van der Waals surface area contributed by atoms with E-state index in [1.165, 1.54) is 12.1 Å². The normalized spacial score (nSPS) is 16.2. The topological polar surface area (TPSA) is 132 Å². The minimum atomic E-state index is -4.58. The molecule has 1 saturated heterocycles. The molecular formula is C20H13F3N4O6S. The maximum Gasteiger partial charge on any atom is 0.416 e. The Kier molecular flexibility index (Phi) is 7.31. The number of benzene rings is 2. The zero-order chi connectivity index (χ0) is 24.9. The van der Waals surface area contributed by atoms with Crippen LogP contribution in [0, 0.1) is 10.1 Å². The van der Waals surface area contributed by atoms with Crippen molar-refractivity contribution < 1.29 is 37.2 Å². The first-order chi connectivity index (χ1) is 16.1. The second-order valence-electron chi connectivity index (χ2n) is 6.34. The number of amidine groups is 1. The zero-order valence-electron chi connectivity index (χ0n) is 17.0. The first-order valence-electron chi connectivity index (χ1n) is 9.10. The van der Waals surface area contributed by atoms with Crippen LogP contribution in [0.5, 0.6) is 11.5 Å². The summed E-state index contributed by atoms with van der Waals surface area (Å²) in [5, 5.41) is 21.0. The van der Waals surface area contributed by atoms with Crippen LogP contribution < -0.4 is 10.1 Å². The van der Waals surface area contributed by atoms with E-state index in [1.807, 2.05) is 0 Å². The van der Waals surface area contributed by atoms with Gasteiger partial charge < -0.3 is 9.47 Å². The summed E-state index contributed by atoms with van der Waals surface area (Å²) in [6, 6.07) is 7.51. The van der Waals surface area contributed by atoms with Gasteiger partial charge in [-0.15, -0.1) is 5.10 Å². The van der Waals surface area contributed by atoms with Gasteiger partial charge in [0.15, 0.2) is 5.17 Å². The minimum absolute atomic E-state index is 0.0159. The predicted molar refractivity (Wildman–Crippen MR) is 115 cm³/mol. The van der Waals surface area contributed by atoms with Crippen LogP contribution in [0.3, 0.4) is 0 Å². The Balaban J connectivity index is 1.87. The van der Waals surface area contributed by atoms with Crippen molar-refractivity contribution in [1.82, 2.24) is 5.32 Å². The standard InChI is InChI=1S/C20H13F3N4O6S/c1-32-17(28)9-16-18(29)25-19(34-16)26-24-10-11-7-13(27(30)31)5-6-15(11)33-14-4-2-3-12(8-14)20(21,22)23/h2-10H,1H3,(H,25,26,29)/b16-9+,24-10?. The number of thioether (sulfide) groups is 1. The summed E-state index contributed by atoms with van der Waals surface area (Å²) in [6.45, 7) is 0. The lowest BCUT2D eigenvalue weighted by atomic mass is 10.2. The first kappa shape index (κ1) is 24.4. The molecule has 1 aliphatic rings. The highest BCUT2D eigenvalue weighted by atomic mass is 32.2. The van der Waals surface area contributed by atoms with Gasteiger partial charge in [-0.3, -0.25) is 20.2 Å². The number of hydrogen-bond acceptors (Lipinski definition) is 9. The zero-order valence-corrected chi connectivity index (χ0v) is 17.8. The molecule has 34 heavy (non-hydrogen) atoms. The number of carbonyl (C=O) groups excluding carboxylic acids is 2. The van der Waals surface area contributed by atoms with Crippen molar-refractivity contribution in [2.24, 2.45) is 10.2 Å². The van der Waals surface area contributed by atoms with E-state index < -0.39 is 28.5 Å². The molecule has 2 aromatic rings. The molecular weight excluding hydrogens is 481 g/mol. The highest BCUT2D eigenvalue weighted by molar-refractivity contribution is 8.18. The summed E-state index contributed by atoms with van der Waals surface area (Å²) in [6.07, 6.45) is -2.55. The number of nitrogens with one attached hydrogen (secondary N) is 1. The molecule has 1 amide bonds. The average Bonchev–Trinajstić information content (AvgIpc) is 3.13. The maximum atomic E-state index is 13.0. The van der Waals surface area contributed by atoms with Crippen molar-refractivity contribution in [3.63, 3.8) is 0 Å². The molecule has 0 aromatic heterocycles. The quantitative estimate of drug-likeness (QED) is 0.211. The van der Waals surface area contributed by atoms with Crippen LogP contribution in [0.4, 0.5) is 18.9 Å². The van der Waals surface area contributed by atoms with Crippen molar-refractivity contribution in [2.75, 3.05) is 7.11 Å². The molecule has 2 aromatic carbocycles. The molecule has 1 N–H and O–H groups in total. The molecule has 1 heterocycles. The third-order valence-corrected chi connectivity index (χ3v) is 4.94. The smallest absolute Gasteiger partial charge is 0.416 e. The van der Waals surface area contributed by atoms with E-state index in [-0.39, 0.29) is 32.8 Å². The SMILES string of the molecule is COC(=O)/C=C1/S/C(=N\N=Cc2cc([N+](=O)[O-])ccc2Oc2cccc(C(F)(F)F)c2)NC1=O. The Hall–Kier alpha value is -4.20. The molecule has 0 radical (unpaired) electrons. The van der Waals surface area contributed by atoms with E-state index in [0.717, 1.165) is 61.5 Å². The summed E-state index contributed by atoms with van der Waals surface area (Å²) >= 11 is 0.806. The molecule has 0 bridgehead atoms. The van der Waals surface area contributed by atoms with Crippen molar-refractivity contribution in [1.29, 1.82) is 0 Å². The van der Waals surface area contributed by atoms with Crippen LogP contribution in [-0.4, -0.2) is 35.3 Å². The van der Waals surface area contributed by atoms with Crippen LogP contribution in [0.15, 0.2) is 63.6 Å². The molecule has 14 heteroatoms. The number of nitrogens with zero attached hydrogens (tertiary/aromatic N) is 3. The predicted octanol–water partition coefficient (Wildman–Crippen LogP) is 4.02. The van der Waals surface area contributed by atoms with Gasteiger partial charge in [0.1, 0.15) is 11.5 Å². The van der Waals surface area contributed by atoms with Gasteiger partial charge in [0.25, 0.3) is 11.6 Å². The van der Waals surface area contributed by atoms with Gasteiger partial charge in [0.2, 0.25) is 0 Å². The molecule has 0 spiro atoms. The van der Waals surface area contributed by atoms with Crippen molar-refractivity contribution in [3.05, 3.63) is 74.7 Å². The fourth-order valence-electron chi connectivity index (χ4n) is 2.49. The van der Waals surface area contributed by atoms with Gasteiger partial charge in [0, 0.05) is 23.8 Å². The largest absolute Gasteiger partial charge is 0.466 e. The second-order valence-corrected chi connectivity index (χ2v) is 7.38. The third-order valence-electron chi connectivity index (χ3n) is 4.04. The van der Waals surface area contributed by atoms with Gasteiger partial charge in [-0.05, 0) is 36.0 Å². The number of alkyl halides is 3. The highest BCUT2D eigenvalue weighted by Crippen LogP contribution is 2.34. The molecule has 0 saturated carbocycles. The van der Waals surface area contributed by atoms with Crippen LogP contribution in [-0.2, 0) is 20.5 Å². The number of non-ortho nitro benzene ring substituents is 1. The number of nitro benzene ring substituents is 1. The van der Waals surface area contributed by atoms with Crippen LogP contribution in [0.25, 0.3) is 0 Å². The number of hydrogen-bond donors (Lipinski definition) is 1. The van der Waals surface area contributed by atoms with Gasteiger partial charge in [0.05, 0.1) is 28.7 Å². The van der Waals surface area contributed by atoms with E-state index in [2.05, 4.69) is 20.3 Å². The van der Waals surface area contributed by atoms with Crippen molar-refractivity contribution in [2.45, 2.75) is 6.18 Å². The van der Waals surface area contributed by atoms with E-state index in [1.54, 1.807) is 0 Å². The fraction of sp³-hybridized carbons (Fsp3) is 0.100. The van der Waals surface area contributed by atoms with Gasteiger partial charge in [-0.1, -0.05) is 6.07 Å². The monoisotopic (exact) mass is 494 g/mol. The number of halogens is 3. The number of nitro groups is 1. The van der Waals surface area contributed by atoms with Crippen molar-refractivity contribution in [3.8, 4) is 11.5 Å². The van der Waals surface area contributed by atoms with Crippen LogP contribution in [0.1, 0.15) is 11.1 Å². The number of carbonyl (C=O) groups is 2. The number of amides is 1. The minimum Gasteiger partial charge on any atom is -0.466 e. The first-order valence-corrected chi connectivity index (χ1v) is 9.92. The Morgan fingerprint density at radius 1 is 1.24 bits per heavy atom. The van der Waals surface area contributed by atoms with E-state index in [0.29, 0.717) is 0 Å². The molecule has 176 valence electrons. The number of methoxy groups -OCH3 is 1. The van der Waals surface area contributed by atoms with E-state index in [9.17, 15) is 32.9 Å². The number of rotatable bonds is 6. The molecule has 1 aliphatic heterocycles. The Morgan fingerprint density at radius 2 is 2.00 bits per heavy atom. The molecule has 0 unspecified atom stereocenters. The number of esters is 1. The molecule has 0 aliphatic carbocycles. The summed E-state index contributed by atoms with van der Waals surface area (Å²) < 4.78 is 48.8. The van der Waals surface area contributed by atoms with Gasteiger partial charge in [-0.25, -0.2) is 4.79 Å². The lowest BCUT2D eigenvalue weighted by Crippen LogP contribution is -2.19.